The molecule has 2 N–H and O–H groups in total. The van der Waals surface area contributed by atoms with Crippen molar-refractivity contribution in [3.05, 3.63) is 46.3 Å². The summed E-state index contributed by atoms with van der Waals surface area (Å²) in [6, 6.07) is 7.93. The van der Waals surface area contributed by atoms with Gasteiger partial charge in [-0.25, -0.2) is 13.2 Å². The molecule has 0 radical (unpaired) electrons. The number of thiophene rings is 1. The molecule has 2 aromatic rings. The molecule has 0 fully saturated rings. The van der Waals surface area contributed by atoms with Gasteiger partial charge in [-0.15, -0.1) is 11.3 Å². The van der Waals surface area contributed by atoms with Gasteiger partial charge in [-0.05, 0) is 37.0 Å². The molecule has 0 bridgehead atoms. The minimum atomic E-state index is -3.76. The highest BCUT2D eigenvalue weighted by molar-refractivity contribution is 7.93. The Balaban J connectivity index is 2.01. The highest BCUT2D eigenvalue weighted by atomic mass is 32.2. The van der Waals surface area contributed by atoms with Gasteiger partial charge in [0.2, 0.25) is 0 Å². The van der Waals surface area contributed by atoms with Crippen molar-refractivity contribution in [2.45, 2.75) is 24.2 Å². The van der Waals surface area contributed by atoms with Gasteiger partial charge >= 0.3 is 5.97 Å². The zero-order chi connectivity index (χ0) is 15.0. The predicted molar refractivity (Wildman–Crippen MR) is 80.6 cm³/mol. The second-order valence-corrected chi connectivity index (χ2v) is 7.57. The number of anilines is 1. The van der Waals surface area contributed by atoms with Crippen LogP contribution in [0.25, 0.3) is 0 Å². The first kappa shape index (κ1) is 14.1. The van der Waals surface area contributed by atoms with E-state index in [0.717, 1.165) is 23.3 Å². The maximum absolute atomic E-state index is 12.3. The Labute approximate surface area is 126 Å². The van der Waals surface area contributed by atoms with Crippen molar-refractivity contribution in [3.63, 3.8) is 0 Å². The molecular weight excluding hydrogens is 310 g/mol. The largest absolute Gasteiger partial charge is 0.478 e. The van der Waals surface area contributed by atoms with E-state index in [9.17, 15) is 18.3 Å². The Morgan fingerprint density at radius 3 is 2.57 bits per heavy atom. The Morgan fingerprint density at radius 1 is 1.19 bits per heavy atom. The van der Waals surface area contributed by atoms with E-state index in [0.29, 0.717) is 6.42 Å². The van der Waals surface area contributed by atoms with Crippen LogP contribution in [0.1, 0.15) is 27.2 Å². The maximum Gasteiger partial charge on any atom is 0.339 e. The molecule has 5 nitrogen and oxygen atoms in total. The average molecular weight is 323 g/mol. The van der Waals surface area contributed by atoms with Crippen LogP contribution in [-0.2, 0) is 22.9 Å². The van der Waals surface area contributed by atoms with Crippen LogP contribution in [0, 0.1) is 0 Å². The van der Waals surface area contributed by atoms with Crippen LogP contribution in [0.15, 0.2) is 35.2 Å². The van der Waals surface area contributed by atoms with Crippen molar-refractivity contribution in [2.24, 2.45) is 0 Å². The number of aryl methyl sites for hydroxylation is 1. The third kappa shape index (κ3) is 2.54. The molecule has 1 aliphatic rings. The van der Waals surface area contributed by atoms with E-state index in [1.807, 2.05) is 0 Å². The van der Waals surface area contributed by atoms with Crippen molar-refractivity contribution in [3.8, 4) is 0 Å². The van der Waals surface area contributed by atoms with E-state index in [1.54, 1.807) is 18.2 Å². The summed E-state index contributed by atoms with van der Waals surface area (Å²) in [5.74, 6) is -1.08. The van der Waals surface area contributed by atoms with Crippen LogP contribution in [-0.4, -0.2) is 19.5 Å². The molecule has 0 saturated heterocycles. The van der Waals surface area contributed by atoms with Crippen molar-refractivity contribution in [1.29, 1.82) is 0 Å². The van der Waals surface area contributed by atoms with Crippen molar-refractivity contribution in [2.75, 3.05) is 4.72 Å². The van der Waals surface area contributed by atoms with Gasteiger partial charge in [-0.3, -0.25) is 4.72 Å². The molecule has 7 heteroatoms. The standard InChI is InChI=1S/C14H13NO4S2/c16-14(17)12-10-7-4-8-11(10)20-13(12)15-21(18,19)9-5-2-1-3-6-9/h1-3,5-6,15H,4,7-8H2,(H,16,17). The number of hydrogen-bond donors (Lipinski definition) is 2. The number of hydrogen-bond acceptors (Lipinski definition) is 4. The van der Waals surface area contributed by atoms with E-state index < -0.39 is 16.0 Å². The van der Waals surface area contributed by atoms with E-state index in [-0.39, 0.29) is 15.5 Å². The number of nitrogens with one attached hydrogen (secondary N) is 1. The Hall–Kier alpha value is -1.86. The summed E-state index contributed by atoms with van der Waals surface area (Å²) in [4.78, 5) is 12.5. The first-order valence-electron chi connectivity index (χ1n) is 6.45. The molecule has 1 aromatic heterocycles. The van der Waals surface area contributed by atoms with Crippen molar-refractivity contribution >= 4 is 32.3 Å². The Kier molecular flexibility index (Phi) is 3.46. The van der Waals surface area contributed by atoms with Gasteiger partial charge in [0.25, 0.3) is 10.0 Å². The lowest BCUT2D eigenvalue weighted by Crippen LogP contribution is -2.14. The van der Waals surface area contributed by atoms with E-state index in [4.69, 9.17) is 0 Å². The predicted octanol–water partition coefficient (Wildman–Crippen LogP) is 2.74. The molecule has 0 atom stereocenters. The zero-order valence-corrected chi connectivity index (χ0v) is 12.6. The van der Waals surface area contributed by atoms with Crippen LogP contribution in [0.4, 0.5) is 5.00 Å². The molecule has 0 spiro atoms. The lowest BCUT2D eigenvalue weighted by molar-refractivity contribution is 0.0697. The van der Waals surface area contributed by atoms with Gasteiger partial charge in [-0.2, -0.15) is 0 Å². The zero-order valence-electron chi connectivity index (χ0n) is 11.0. The van der Waals surface area contributed by atoms with Gasteiger partial charge in [-0.1, -0.05) is 18.2 Å². The van der Waals surface area contributed by atoms with Crippen LogP contribution >= 0.6 is 11.3 Å². The van der Waals surface area contributed by atoms with Crippen LogP contribution < -0.4 is 4.72 Å². The Morgan fingerprint density at radius 2 is 1.90 bits per heavy atom. The van der Waals surface area contributed by atoms with E-state index in [2.05, 4.69) is 4.72 Å². The Bertz CT molecular complexity index is 794. The molecule has 110 valence electrons. The monoisotopic (exact) mass is 323 g/mol. The fraction of sp³-hybridized carbons (Fsp3) is 0.214. The molecule has 1 aliphatic carbocycles. The number of sulfonamides is 1. The van der Waals surface area contributed by atoms with Gasteiger partial charge in [0.1, 0.15) is 5.00 Å². The third-order valence-electron chi connectivity index (χ3n) is 3.42. The normalized spacial score (nSPS) is 13.9. The van der Waals surface area contributed by atoms with Gasteiger partial charge < -0.3 is 5.11 Å². The molecule has 0 aliphatic heterocycles. The minimum Gasteiger partial charge on any atom is -0.478 e. The summed E-state index contributed by atoms with van der Waals surface area (Å²) in [6.07, 6.45) is 2.43. The smallest absolute Gasteiger partial charge is 0.339 e. The lowest BCUT2D eigenvalue weighted by atomic mass is 10.1. The molecule has 3 rings (SSSR count). The van der Waals surface area contributed by atoms with Crippen LogP contribution in [0.3, 0.4) is 0 Å². The number of aromatic carboxylic acids is 1. The molecule has 0 saturated carbocycles. The second kappa shape index (κ2) is 5.16. The maximum atomic E-state index is 12.3. The number of rotatable bonds is 4. The lowest BCUT2D eigenvalue weighted by Gasteiger charge is -2.07. The van der Waals surface area contributed by atoms with Gasteiger partial charge in [0, 0.05) is 4.88 Å². The van der Waals surface area contributed by atoms with E-state index in [1.165, 1.54) is 23.5 Å². The molecule has 1 heterocycles. The SMILES string of the molecule is O=C(O)c1c(NS(=O)(=O)c2ccccc2)sc2c1CCC2. The first-order valence-corrected chi connectivity index (χ1v) is 8.75. The summed E-state index contributed by atoms with van der Waals surface area (Å²) in [6.45, 7) is 0. The second-order valence-electron chi connectivity index (χ2n) is 4.79. The number of carbonyl (C=O) groups is 1. The molecule has 1 aromatic carbocycles. The summed E-state index contributed by atoms with van der Waals surface area (Å²) in [5, 5.41) is 9.56. The number of carboxylic acid groups (broad SMARTS) is 1. The molecule has 21 heavy (non-hydrogen) atoms. The molecule has 0 unspecified atom stereocenters. The van der Waals surface area contributed by atoms with Gasteiger partial charge in [0.05, 0.1) is 10.5 Å². The van der Waals surface area contributed by atoms with Crippen molar-refractivity contribution < 1.29 is 18.3 Å². The topological polar surface area (TPSA) is 83.5 Å². The highest BCUT2D eigenvalue weighted by Crippen LogP contribution is 2.39. The highest BCUT2D eigenvalue weighted by Gasteiger charge is 2.28. The number of fused-ring (bicyclic) bond motifs is 1. The first-order chi connectivity index (χ1) is 9.99. The van der Waals surface area contributed by atoms with Crippen LogP contribution in [0.2, 0.25) is 0 Å². The summed E-state index contributed by atoms with van der Waals surface area (Å²) >= 11 is 1.23. The van der Waals surface area contributed by atoms with Crippen LogP contribution in [0.5, 0.6) is 0 Å². The summed E-state index contributed by atoms with van der Waals surface area (Å²) in [7, 11) is -3.76. The fourth-order valence-corrected chi connectivity index (χ4v) is 5.09. The third-order valence-corrected chi connectivity index (χ3v) is 6.12. The molecular formula is C14H13NO4S2. The minimum absolute atomic E-state index is 0.104. The fourth-order valence-electron chi connectivity index (χ4n) is 2.48. The summed E-state index contributed by atoms with van der Waals surface area (Å²) in [5.41, 5.74) is 0.880. The molecule has 0 amide bonds. The number of benzene rings is 1. The van der Waals surface area contributed by atoms with Gasteiger partial charge in [0.15, 0.2) is 0 Å². The van der Waals surface area contributed by atoms with E-state index >= 15 is 0 Å². The summed E-state index contributed by atoms with van der Waals surface area (Å²) < 4.78 is 27.0. The average Bonchev–Trinajstić information content (AvgIpc) is 2.99. The van der Waals surface area contributed by atoms with Crippen molar-refractivity contribution in [1.82, 2.24) is 0 Å². The number of carboxylic acids is 1. The quantitative estimate of drug-likeness (QED) is 0.906.